The van der Waals surface area contributed by atoms with Crippen LogP contribution in [0, 0.1) is 5.92 Å². The van der Waals surface area contributed by atoms with Gasteiger partial charge in [0.25, 0.3) is 0 Å². The fourth-order valence-electron chi connectivity index (χ4n) is 3.94. The molecule has 2 aliphatic rings. The zero-order valence-corrected chi connectivity index (χ0v) is 16.6. The zero-order chi connectivity index (χ0) is 18.5. The maximum atomic E-state index is 12.2. The van der Waals surface area contributed by atoms with Crippen LogP contribution in [0.15, 0.2) is 18.2 Å². The molecule has 2 saturated heterocycles. The van der Waals surface area contributed by atoms with E-state index in [0.29, 0.717) is 41.6 Å². The summed E-state index contributed by atoms with van der Waals surface area (Å²) in [6.45, 7) is -0.0455. The van der Waals surface area contributed by atoms with Gasteiger partial charge in [-0.3, -0.25) is 9.59 Å². The van der Waals surface area contributed by atoms with Gasteiger partial charge in [-0.05, 0) is 31.6 Å². The summed E-state index contributed by atoms with van der Waals surface area (Å²) in [5.74, 6) is 1.25. The van der Waals surface area contributed by atoms with Crippen LogP contribution < -0.4 is 25.4 Å². The summed E-state index contributed by atoms with van der Waals surface area (Å²) in [6.07, 6.45) is 5.04. The van der Waals surface area contributed by atoms with E-state index in [-0.39, 0.29) is 30.8 Å². The monoisotopic (exact) mass is 397 g/mol. The number of nitrogens with one attached hydrogen (secondary N) is 3. The molecule has 2 atom stereocenters. The summed E-state index contributed by atoms with van der Waals surface area (Å²) in [5, 5.41) is 9.05. The van der Waals surface area contributed by atoms with E-state index in [0.717, 1.165) is 12.8 Å². The van der Waals surface area contributed by atoms with E-state index in [1.54, 1.807) is 32.4 Å². The zero-order valence-electron chi connectivity index (χ0n) is 15.7. The third-order valence-corrected chi connectivity index (χ3v) is 5.13. The molecule has 2 heterocycles. The predicted molar refractivity (Wildman–Crippen MR) is 106 cm³/mol. The van der Waals surface area contributed by atoms with E-state index in [9.17, 15) is 9.59 Å². The molecule has 8 heteroatoms. The molecule has 2 aliphatic heterocycles. The normalized spacial score (nSPS) is 23.1. The third kappa shape index (κ3) is 6.01. The Hall–Kier alpha value is -1.99. The van der Waals surface area contributed by atoms with Crippen LogP contribution in [0.4, 0.5) is 5.69 Å². The number of ether oxygens (including phenoxy) is 2. The molecule has 2 bridgehead atoms. The number of amides is 2. The van der Waals surface area contributed by atoms with E-state index in [2.05, 4.69) is 16.0 Å². The van der Waals surface area contributed by atoms with Crippen molar-refractivity contribution in [3.8, 4) is 11.5 Å². The first kappa shape index (κ1) is 21.3. The fourth-order valence-corrected chi connectivity index (χ4v) is 3.94. The average molecular weight is 398 g/mol. The van der Waals surface area contributed by atoms with Gasteiger partial charge in [0.2, 0.25) is 11.8 Å². The summed E-state index contributed by atoms with van der Waals surface area (Å²) < 4.78 is 10.4. The molecule has 0 saturated carbocycles. The summed E-state index contributed by atoms with van der Waals surface area (Å²) in [5.41, 5.74) is 0.565. The van der Waals surface area contributed by atoms with Gasteiger partial charge in [-0.2, -0.15) is 0 Å². The molecule has 0 radical (unpaired) electrons. The van der Waals surface area contributed by atoms with Gasteiger partial charge in [0, 0.05) is 42.4 Å². The number of benzene rings is 1. The number of fused-ring (bicyclic) bond motifs is 2. The second kappa shape index (κ2) is 9.80. The number of hydrogen-bond donors (Lipinski definition) is 3. The average Bonchev–Trinajstić information content (AvgIpc) is 2.98. The molecule has 1 aromatic carbocycles. The standard InChI is InChI=1S/C19H27N3O4.ClH/c1-25-16-8-15(9-17(10-16)26-2)22-19(24)11-20-18(23)7-12-5-13-3-4-14(6-12)21-13;/h8-10,12-14,21H,3-7,11H2,1-2H3,(H,20,23)(H,22,24);1H. The van der Waals surface area contributed by atoms with E-state index >= 15 is 0 Å². The number of methoxy groups -OCH3 is 2. The van der Waals surface area contributed by atoms with Gasteiger partial charge < -0.3 is 25.4 Å². The maximum absolute atomic E-state index is 12.2. The Kier molecular flexibility index (Phi) is 7.74. The number of hydrogen-bond acceptors (Lipinski definition) is 5. The van der Waals surface area contributed by atoms with Gasteiger partial charge in [0.05, 0.1) is 20.8 Å². The van der Waals surface area contributed by atoms with Crippen molar-refractivity contribution in [3.63, 3.8) is 0 Å². The van der Waals surface area contributed by atoms with E-state index < -0.39 is 0 Å². The van der Waals surface area contributed by atoms with Crippen molar-refractivity contribution < 1.29 is 19.1 Å². The number of rotatable bonds is 7. The third-order valence-electron chi connectivity index (χ3n) is 5.13. The van der Waals surface area contributed by atoms with Crippen molar-refractivity contribution >= 4 is 29.9 Å². The van der Waals surface area contributed by atoms with Gasteiger partial charge in [-0.25, -0.2) is 0 Å². The van der Waals surface area contributed by atoms with Gasteiger partial charge in [0.15, 0.2) is 0 Å². The minimum absolute atomic E-state index is 0. The Labute approximate surface area is 166 Å². The lowest BCUT2D eigenvalue weighted by atomic mass is 9.89. The molecule has 2 fully saturated rings. The van der Waals surface area contributed by atoms with Crippen LogP contribution in [0.1, 0.15) is 32.1 Å². The molecular formula is C19H28ClN3O4. The van der Waals surface area contributed by atoms with Crippen LogP contribution in [-0.2, 0) is 9.59 Å². The molecule has 0 aliphatic carbocycles. The minimum atomic E-state index is -0.279. The highest BCUT2D eigenvalue weighted by molar-refractivity contribution is 5.94. The molecule has 2 amide bonds. The van der Waals surface area contributed by atoms with E-state index in [4.69, 9.17) is 9.47 Å². The van der Waals surface area contributed by atoms with Crippen LogP contribution in [0.2, 0.25) is 0 Å². The van der Waals surface area contributed by atoms with Crippen molar-refractivity contribution in [2.45, 2.75) is 44.2 Å². The lowest BCUT2D eigenvalue weighted by molar-refractivity contribution is -0.125. The highest BCUT2D eigenvalue weighted by Gasteiger charge is 2.34. The molecule has 3 rings (SSSR count). The summed E-state index contributed by atoms with van der Waals surface area (Å²) in [6, 6.07) is 6.26. The molecular weight excluding hydrogens is 370 g/mol. The number of halogens is 1. The second-order valence-electron chi connectivity index (χ2n) is 7.11. The molecule has 0 spiro atoms. The Morgan fingerprint density at radius 1 is 1.04 bits per heavy atom. The molecule has 0 aromatic heterocycles. The lowest BCUT2D eigenvalue weighted by Gasteiger charge is -2.28. The molecule has 27 heavy (non-hydrogen) atoms. The molecule has 7 nitrogen and oxygen atoms in total. The van der Waals surface area contributed by atoms with Crippen LogP contribution in [-0.4, -0.2) is 44.7 Å². The Balaban J connectivity index is 0.00000261. The summed E-state index contributed by atoms with van der Waals surface area (Å²) in [7, 11) is 3.10. The van der Waals surface area contributed by atoms with Crippen LogP contribution in [0.5, 0.6) is 11.5 Å². The lowest BCUT2D eigenvalue weighted by Crippen LogP contribution is -2.40. The second-order valence-corrected chi connectivity index (χ2v) is 7.11. The number of carbonyl (C=O) groups is 2. The highest BCUT2D eigenvalue weighted by Crippen LogP contribution is 2.32. The van der Waals surface area contributed by atoms with E-state index in [1.807, 2.05) is 0 Å². The van der Waals surface area contributed by atoms with Crippen molar-refractivity contribution in [3.05, 3.63) is 18.2 Å². The van der Waals surface area contributed by atoms with Gasteiger partial charge in [-0.1, -0.05) is 0 Å². The van der Waals surface area contributed by atoms with Crippen molar-refractivity contribution in [1.29, 1.82) is 0 Å². The van der Waals surface area contributed by atoms with Crippen LogP contribution in [0.3, 0.4) is 0 Å². The molecule has 150 valence electrons. The van der Waals surface area contributed by atoms with Gasteiger partial charge in [-0.15, -0.1) is 12.4 Å². The SMILES string of the molecule is COc1cc(NC(=O)CNC(=O)CC2CC3CCC(C2)N3)cc(OC)c1.Cl. The Morgan fingerprint density at radius 3 is 2.19 bits per heavy atom. The van der Waals surface area contributed by atoms with Crippen LogP contribution >= 0.6 is 12.4 Å². The number of anilines is 1. The quantitative estimate of drug-likeness (QED) is 0.655. The maximum Gasteiger partial charge on any atom is 0.243 e. The first-order valence-corrected chi connectivity index (χ1v) is 9.11. The van der Waals surface area contributed by atoms with Gasteiger partial charge >= 0.3 is 0 Å². The fraction of sp³-hybridized carbons (Fsp3) is 0.579. The summed E-state index contributed by atoms with van der Waals surface area (Å²) >= 11 is 0. The molecule has 3 N–H and O–H groups in total. The smallest absolute Gasteiger partial charge is 0.243 e. The Morgan fingerprint density at radius 2 is 1.63 bits per heavy atom. The first-order chi connectivity index (χ1) is 12.6. The Bertz CT molecular complexity index is 636. The minimum Gasteiger partial charge on any atom is -0.497 e. The number of carbonyl (C=O) groups excluding carboxylic acids is 2. The number of piperidine rings is 1. The molecule has 1 aromatic rings. The first-order valence-electron chi connectivity index (χ1n) is 9.11. The van der Waals surface area contributed by atoms with Crippen LogP contribution in [0.25, 0.3) is 0 Å². The predicted octanol–water partition coefficient (Wildman–Crippen LogP) is 2.10. The highest BCUT2D eigenvalue weighted by atomic mass is 35.5. The van der Waals surface area contributed by atoms with Crippen molar-refractivity contribution in [2.75, 3.05) is 26.1 Å². The van der Waals surface area contributed by atoms with E-state index in [1.165, 1.54) is 12.8 Å². The molecule has 2 unspecified atom stereocenters. The van der Waals surface area contributed by atoms with Crippen molar-refractivity contribution in [2.24, 2.45) is 5.92 Å². The summed E-state index contributed by atoms with van der Waals surface area (Å²) in [4.78, 5) is 24.3. The van der Waals surface area contributed by atoms with Gasteiger partial charge in [0.1, 0.15) is 11.5 Å². The van der Waals surface area contributed by atoms with Crippen molar-refractivity contribution in [1.82, 2.24) is 10.6 Å². The largest absolute Gasteiger partial charge is 0.497 e. The topological polar surface area (TPSA) is 88.7 Å².